The number of carbonyl (C=O) groups is 1. The summed E-state index contributed by atoms with van der Waals surface area (Å²) >= 11 is 6.07. The molecule has 0 fully saturated rings. The summed E-state index contributed by atoms with van der Waals surface area (Å²) in [5, 5.41) is 0.669. The summed E-state index contributed by atoms with van der Waals surface area (Å²) in [6.45, 7) is 0. The van der Waals surface area contributed by atoms with Crippen LogP contribution in [0.3, 0.4) is 0 Å². The van der Waals surface area contributed by atoms with Crippen molar-refractivity contribution in [3.8, 4) is 17.2 Å². The quantitative estimate of drug-likeness (QED) is 0.231. The Hall–Kier alpha value is -3.83. The number of ether oxygens (including phenoxy) is 2. The van der Waals surface area contributed by atoms with Gasteiger partial charge in [-0.3, -0.25) is 4.79 Å². The molecule has 148 valence electrons. The predicted molar refractivity (Wildman–Crippen MR) is 115 cm³/mol. The third-order valence-electron chi connectivity index (χ3n) is 4.20. The minimum atomic E-state index is -0.542. The lowest BCUT2D eigenvalue weighted by Crippen LogP contribution is -2.06. The van der Waals surface area contributed by atoms with Crippen LogP contribution in [0.25, 0.3) is 17.0 Å². The monoisotopic (exact) mass is 418 g/mol. The molecule has 30 heavy (non-hydrogen) atoms. The minimum Gasteiger partial charge on any atom is -0.460 e. The van der Waals surface area contributed by atoms with E-state index in [1.165, 1.54) is 30.5 Å². The number of para-hydroxylation sites is 1. The average molecular weight is 419 g/mol. The summed E-state index contributed by atoms with van der Waals surface area (Å²) in [6, 6.07) is 20.7. The van der Waals surface area contributed by atoms with Crippen LogP contribution in [0.4, 0.5) is 0 Å². The third-order valence-corrected chi connectivity index (χ3v) is 4.51. The Morgan fingerprint density at radius 2 is 1.70 bits per heavy atom. The Morgan fingerprint density at radius 3 is 2.50 bits per heavy atom. The summed E-state index contributed by atoms with van der Waals surface area (Å²) in [5.41, 5.74) is 0.784. The molecule has 0 atom stereocenters. The van der Waals surface area contributed by atoms with Crippen LogP contribution in [-0.2, 0) is 4.79 Å². The molecule has 6 heteroatoms. The molecule has 5 nitrogen and oxygen atoms in total. The van der Waals surface area contributed by atoms with Gasteiger partial charge in [-0.2, -0.15) is 0 Å². The minimum absolute atomic E-state index is 0.00568. The number of halogens is 1. The van der Waals surface area contributed by atoms with Crippen molar-refractivity contribution in [2.24, 2.45) is 0 Å². The van der Waals surface area contributed by atoms with Crippen LogP contribution in [0, 0.1) is 0 Å². The molecule has 1 heterocycles. The van der Waals surface area contributed by atoms with Gasteiger partial charge in [0.25, 0.3) is 0 Å². The Labute approximate surface area is 176 Å². The average Bonchev–Trinajstić information content (AvgIpc) is 2.76. The van der Waals surface area contributed by atoms with E-state index in [1.807, 2.05) is 30.3 Å². The van der Waals surface area contributed by atoms with Crippen molar-refractivity contribution < 1.29 is 18.7 Å². The Balaban J connectivity index is 1.53. The fourth-order valence-electron chi connectivity index (χ4n) is 2.75. The lowest BCUT2D eigenvalue weighted by Gasteiger charge is -2.07. The molecular formula is C24H15ClO5. The molecule has 0 bridgehead atoms. The van der Waals surface area contributed by atoms with Crippen molar-refractivity contribution in [2.75, 3.05) is 0 Å². The topological polar surface area (TPSA) is 65.7 Å². The highest BCUT2D eigenvalue weighted by Crippen LogP contribution is 2.29. The van der Waals surface area contributed by atoms with Crippen LogP contribution in [0.15, 0.2) is 94.3 Å². The molecule has 0 spiro atoms. The molecule has 4 aromatic rings. The van der Waals surface area contributed by atoms with Gasteiger partial charge in [-0.25, -0.2) is 4.79 Å². The van der Waals surface area contributed by atoms with E-state index in [2.05, 4.69) is 0 Å². The van der Waals surface area contributed by atoms with E-state index in [1.54, 1.807) is 30.3 Å². The van der Waals surface area contributed by atoms with Gasteiger partial charge < -0.3 is 13.9 Å². The van der Waals surface area contributed by atoms with Crippen molar-refractivity contribution >= 4 is 34.6 Å². The molecule has 1 aromatic heterocycles. The summed E-state index contributed by atoms with van der Waals surface area (Å²) in [5.74, 6) is 0.0695. The van der Waals surface area contributed by atoms with Crippen molar-refractivity contribution in [1.82, 2.24) is 0 Å². The van der Waals surface area contributed by atoms with Crippen LogP contribution in [0.2, 0.25) is 5.02 Å². The lowest BCUT2D eigenvalue weighted by molar-refractivity contribution is -0.128. The molecule has 4 rings (SSSR count). The van der Waals surface area contributed by atoms with Gasteiger partial charge in [0, 0.05) is 12.1 Å². The number of hydrogen-bond donors (Lipinski definition) is 0. The van der Waals surface area contributed by atoms with Crippen LogP contribution in [0.5, 0.6) is 17.2 Å². The zero-order chi connectivity index (χ0) is 20.9. The number of esters is 1. The number of hydrogen-bond acceptors (Lipinski definition) is 5. The molecule has 0 unspecified atom stereocenters. The maximum atomic E-state index is 12.7. The highest BCUT2D eigenvalue weighted by Gasteiger charge is 2.12. The van der Waals surface area contributed by atoms with E-state index < -0.39 is 5.97 Å². The third kappa shape index (κ3) is 4.42. The zero-order valence-corrected chi connectivity index (χ0v) is 16.3. The highest BCUT2D eigenvalue weighted by molar-refractivity contribution is 6.32. The van der Waals surface area contributed by atoms with Gasteiger partial charge in [-0.05, 0) is 35.9 Å². The molecular weight excluding hydrogens is 404 g/mol. The first-order valence-electron chi connectivity index (χ1n) is 9.03. The Kier molecular flexibility index (Phi) is 5.63. The van der Waals surface area contributed by atoms with Crippen molar-refractivity contribution in [1.29, 1.82) is 0 Å². The highest BCUT2D eigenvalue weighted by atomic mass is 35.5. The number of carbonyl (C=O) groups excluding carboxylic acids is 1. The molecule has 0 aliphatic heterocycles. The Bertz CT molecular complexity index is 1290. The molecule has 0 aliphatic rings. The SMILES string of the molecule is O=C(/C=C/c1ccccc1)Oc1ccc2c(=O)c(Oc3ccccc3Cl)coc2c1. The van der Waals surface area contributed by atoms with Gasteiger partial charge >= 0.3 is 5.97 Å². The van der Waals surface area contributed by atoms with E-state index in [0.29, 0.717) is 16.2 Å². The number of benzene rings is 3. The largest absolute Gasteiger partial charge is 0.460 e. The molecule has 0 aliphatic carbocycles. The standard InChI is InChI=1S/C24H15ClO5/c25-19-8-4-5-9-20(19)30-22-15-28-21-14-17(11-12-18(21)24(22)27)29-23(26)13-10-16-6-2-1-3-7-16/h1-15H/b13-10+. The van der Waals surface area contributed by atoms with Crippen molar-refractivity contribution in [3.05, 3.63) is 106 Å². The fourth-order valence-corrected chi connectivity index (χ4v) is 2.92. The van der Waals surface area contributed by atoms with Gasteiger partial charge in [0.15, 0.2) is 0 Å². The van der Waals surface area contributed by atoms with E-state index in [-0.39, 0.29) is 22.5 Å². The maximum absolute atomic E-state index is 12.7. The second-order valence-electron chi connectivity index (χ2n) is 6.28. The van der Waals surface area contributed by atoms with Crippen molar-refractivity contribution in [3.63, 3.8) is 0 Å². The summed E-state index contributed by atoms with van der Waals surface area (Å²) < 4.78 is 16.4. The zero-order valence-electron chi connectivity index (χ0n) is 15.6. The second-order valence-corrected chi connectivity index (χ2v) is 6.69. The molecule has 0 saturated carbocycles. The lowest BCUT2D eigenvalue weighted by atomic mass is 10.2. The molecule has 0 saturated heterocycles. The van der Waals surface area contributed by atoms with Gasteiger partial charge in [0.1, 0.15) is 23.3 Å². The molecule has 0 radical (unpaired) electrons. The van der Waals surface area contributed by atoms with Crippen LogP contribution < -0.4 is 14.9 Å². The van der Waals surface area contributed by atoms with Crippen LogP contribution in [-0.4, -0.2) is 5.97 Å². The number of fused-ring (bicyclic) bond motifs is 1. The van der Waals surface area contributed by atoms with E-state index >= 15 is 0 Å². The first-order valence-corrected chi connectivity index (χ1v) is 9.41. The van der Waals surface area contributed by atoms with Crippen LogP contribution >= 0.6 is 11.6 Å². The van der Waals surface area contributed by atoms with Gasteiger partial charge in [-0.15, -0.1) is 0 Å². The van der Waals surface area contributed by atoms with E-state index in [0.717, 1.165) is 5.56 Å². The predicted octanol–water partition coefficient (Wildman–Crippen LogP) is 5.86. The smallest absolute Gasteiger partial charge is 0.336 e. The Morgan fingerprint density at radius 1 is 0.933 bits per heavy atom. The fraction of sp³-hybridized carbons (Fsp3) is 0. The summed E-state index contributed by atoms with van der Waals surface area (Å²) in [7, 11) is 0. The maximum Gasteiger partial charge on any atom is 0.336 e. The first-order chi connectivity index (χ1) is 14.6. The summed E-state index contributed by atoms with van der Waals surface area (Å²) in [6.07, 6.45) is 4.19. The van der Waals surface area contributed by atoms with E-state index in [9.17, 15) is 9.59 Å². The molecule has 0 amide bonds. The van der Waals surface area contributed by atoms with E-state index in [4.69, 9.17) is 25.5 Å². The second kappa shape index (κ2) is 8.68. The summed E-state index contributed by atoms with van der Waals surface area (Å²) in [4.78, 5) is 24.7. The molecule has 0 N–H and O–H groups in total. The van der Waals surface area contributed by atoms with Crippen molar-refractivity contribution in [2.45, 2.75) is 0 Å². The normalized spacial score (nSPS) is 11.0. The molecule has 3 aromatic carbocycles. The van der Waals surface area contributed by atoms with Gasteiger partial charge in [0.2, 0.25) is 11.2 Å². The van der Waals surface area contributed by atoms with Crippen LogP contribution in [0.1, 0.15) is 5.56 Å². The van der Waals surface area contributed by atoms with Gasteiger partial charge in [0.05, 0.1) is 10.4 Å². The van der Waals surface area contributed by atoms with Gasteiger partial charge in [-0.1, -0.05) is 54.1 Å². The number of rotatable bonds is 5. The first kappa shape index (κ1) is 19.5.